The lowest BCUT2D eigenvalue weighted by Crippen LogP contribution is -2.37. The van der Waals surface area contributed by atoms with Gasteiger partial charge in [-0.25, -0.2) is 0 Å². The van der Waals surface area contributed by atoms with Gasteiger partial charge in [-0.1, -0.05) is 23.7 Å². The van der Waals surface area contributed by atoms with E-state index >= 15 is 0 Å². The minimum Gasteiger partial charge on any atom is -0.457 e. The zero-order valence-electron chi connectivity index (χ0n) is 13.5. The first-order valence-corrected chi connectivity index (χ1v) is 7.84. The van der Waals surface area contributed by atoms with E-state index in [4.69, 9.17) is 21.3 Å². The van der Waals surface area contributed by atoms with E-state index in [9.17, 15) is 9.59 Å². The number of nitrogens with one attached hydrogen (secondary N) is 1. The average molecular weight is 353 g/mol. The Kier molecular flexibility index (Phi) is 4.30. The molecule has 5 nitrogen and oxygen atoms in total. The number of amides is 2. The number of carbonyl (C=O) groups excluding carboxylic acids is 2. The van der Waals surface area contributed by atoms with Gasteiger partial charge in [0.1, 0.15) is 23.2 Å². The monoisotopic (exact) mass is 352 g/mol. The maximum Gasteiger partial charge on any atom is 0.269 e. The first kappa shape index (κ1) is 16.7. The van der Waals surface area contributed by atoms with E-state index in [1.165, 1.54) is 6.08 Å². The van der Waals surface area contributed by atoms with E-state index in [0.717, 1.165) is 11.1 Å². The van der Waals surface area contributed by atoms with Crippen molar-refractivity contribution in [1.29, 1.82) is 5.26 Å². The van der Waals surface area contributed by atoms with Crippen LogP contribution in [0, 0.1) is 18.3 Å². The predicted molar refractivity (Wildman–Crippen MR) is 93.3 cm³/mol. The van der Waals surface area contributed by atoms with Gasteiger partial charge in [0.25, 0.3) is 11.8 Å². The van der Waals surface area contributed by atoms with Crippen LogP contribution in [0.3, 0.4) is 0 Å². The van der Waals surface area contributed by atoms with Crippen molar-refractivity contribution in [3.05, 3.63) is 63.4 Å². The Morgan fingerprint density at radius 2 is 1.92 bits per heavy atom. The van der Waals surface area contributed by atoms with Crippen LogP contribution in [-0.2, 0) is 9.59 Å². The molecule has 3 rings (SSSR count). The lowest BCUT2D eigenvalue weighted by Gasteiger charge is -2.15. The van der Waals surface area contributed by atoms with E-state index in [1.54, 1.807) is 25.1 Å². The molecule has 0 radical (unpaired) electrons. The van der Waals surface area contributed by atoms with E-state index in [0.29, 0.717) is 22.1 Å². The number of halogens is 1. The van der Waals surface area contributed by atoms with Crippen molar-refractivity contribution in [3.63, 3.8) is 0 Å². The summed E-state index contributed by atoms with van der Waals surface area (Å²) in [5.41, 5.74) is 2.21. The molecule has 0 atom stereocenters. The van der Waals surface area contributed by atoms with Gasteiger partial charge < -0.3 is 4.42 Å². The number of nitrogens with zero attached hydrogens (tertiary/aromatic N) is 1. The van der Waals surface area contributed by atoms with Crippen molar-refractivity contribution < 1.29 is 14.0 Å². The van der Waals surface area contributed by atoms with Gasteiger partial charge in [0.15, 0.2) is 0 Å². The molecule has 2 heterocycles. The fraction of sp³-hybridized carbons (Fsp3) is 0.105. The normalized spacial score (nSPS) is 16.2. The molecule has 1 aromatic heterocycles. The molecule has 0 saturated carbocycles. The largest absolute Gasteiger partial charge is 0.457 e. The van der Waals surface area contributed by atoms with E-state index in [2.05, 4.69) is 5.32 Å². The topological polar surface area (TPSA) is 83.1 Å². The van der Waals surface area contributed by atoms with Gasteiger partial charge in [-0.15, -0.1) is 0 Å². The molecular weight excluding hydrogens is 340 g/mol. The van der Waals surface area contributed by atoms with Crippen molar-refractivity contribution in [2.75, 3.05) is 0 Å². The smallest absolute Gasteiger partial charge is 0.269 e. The predicted octanol–water partition coefficient (Wildman–Crippen LogP) is 3.79. The Balaban J connectivity index is 2.04. The zero-order valence-corrected chi connectivity index (χ0v) is 14.3. The lowest BCUT2D eigenvalue weighted by molar-refractivity contribution is -0.126. The maximum absolute atomic E-state index is 12.1. The quantitative estimate of drug-likeness (QED) is 0.658. The van der Waals surface area contributed by atoms with E-state index in [1.807, 2.05) is 25.1 Å². The highest BCUT2D eigenvalue weighted by molar-refractivity contribution is 6.31. The molecule has 1 N–H and O–H groups in total. The number of hydrogen-bond acceptors (Lipinski definition) is 4. The van der Waals surface area contributed by atoms with E-state index in [-0.39, 0.29) is 11.1 Å². The van der Waals surface area contributed by atoms with Gasteiger partial charge in [-0.3, -0.25) is 14.9 Å². The van der Waals surface area contributed by atoms with Crippen molar-refractivity contribution in [1.82, 2.24) is 5.32 Å². The van der Waals surface area contributed by atoms with Crippen LogP contribution in [0.2, 0.25) is 5.02 Å². The van der Waals surface area contributed by atoms with Crippen molar-refractivity contribution in [2.24, 2.45) is 0 Å². The summed E-state index contributed by atoms with van der Waals surface area (Å²) in [5, 5.41) is 11.9. The second-order valence-electron chi connectivity index (χ2n) is 5.57. The third kappa shape index (κ3) is 3.00. The summed E-state index contributed by atoms with van der Waals surface area (Å²) >= 11 is 6.13. The van der Waals surface area contributed by atoms with Gasteiger partial charge in [-0.2, -0.15) is 5.26 Å². The summed E-state index contributed by atoms with van der Waals surface area (Å²) in [7, 11) is 0. The van der Waals surface area contributed by atoms with Crippen molar-refractivity contribution in [3.8, 4) is 17.4 Å². The molecule has 1 aliphatic heterocycles. The summed E-state index contributed by atoms with van der Waals surface area (Å²) in [6.45, 7) is 3.45. The lowest BCUT2D eigenvalue weighted by atomic mass is 9.96. The molecule has 0 saturated heterocycles. The van der Waals surface area contributed by atoms with Crippen LogP contribution >= 0.6 is 11.6 Å². The third-order valence-electron chi connectivity index (χ3n) is 4.04. The fourth-order valence-corrected chi connectivity index (χ4v) is 2.78. The Morgan fingerprint density at radius 1 is 1.16 bits per heavy atom. The minimum absolute atomic E-state index is 0.0803. The molecule has 6 heteroatoms. The van der Waals surface area contributed by atoms with Crippen LogP contribution in [0.5, 0.6) is 0 Å². The van der Waals surface area contributed by atoms with Crippen LogP contribution in [0.25, 0.3) is 17.4 Å². The average Bonchev–Trinajstić information content (AvgIpc) is 3.03. The first-order chi connectivity index (χ1) is 11.9. The summed E-state index contributed by atoms with van der Waals surface area (Å²) in [6, 6.07) is 10.8. The Bertz CT molecular complexity index is 1010. The molecule has 1 aliphatic rings. The number of carbonyl (C=O) groups is 2. The van der Waals surface area contributed by atoms with Gasteiger partial charge in [0.05, 0.1) is 0 Å². The number of hydrogen-bond donors (Lipinski definition) is 1. The zero-order chi connectivity index (χ0) is 18.1. The molecule has 124 valence electrons. The minimum atomic E-state index is -0.683. The van der Waals surface area contributed by atoms with Crippen LogP contribution in [0.4, 0.5) is 0 Å². The number of imide groups is 1. The highest BCUT2D eigenvalue weighted by Crippen LogP contribution is 2.31. The van der Waals surface area contributed by atoms with Crippen molar-refractivity contribution in [2.45, 2.75) is 13.8 Å². The molecule has 0 fully saturated rings. The molecule has 25 heavy (non-hydrogen) atoms. The number of furan rings is 1. The third-order valence-corrected chi connectivity index (χ3v) is 4.45. The Morgan fingerprint density at radius 3 is 2.64 bits per heavy atom. The van der Waals surface area contributed by atoms with Crippen LogP contribution in [-0.4, -0.2) is 11.8 Å². The van der Waals surface area contributed by atoms with Gasteiger partial charge in [0.2, 0.25) is 0 Å². The molecular formula is C19H13ClN2O3. The standard InChI is InChI=1S/C19H13ClN2O3/c1-10-14(18(23)22-19(24)15(10)9-21)8-12-6-7-17(25-12)13-4-3-5-16(20)11(13)2/h3-8H,1-2H3,(H,22,23,24). The van der Waals surface area contributed by atoms with Gasteiger partial charge in [-0.05, 0) is 49.3 Å². The molecule has 0 bridgehead atoms. The summed E-state index contributed by atoms with van der Waals surface area (Å²) in [6.07, 6.45) is 1.51. The first-order valence-electron chi connectivity index (χ1n) is 7.46. The second-order valence-corrected chi connectivity index (χ2v) is 5.97. The highest BCUT2D eigenvalue weighted by atomic mass is 35.5. The summed E-state index contributed by atoms with van der Waals surface area (Å²) in [5.74, 6) is -0.193. The number of benzene rings is 1. The number of nitriles is 1. The summed E-state index contributed by atoms with van der Waals surface area (Å²) < 4.78 is 5.80. The van der Waals surface area contributed by atoms with Crippen LogP contribution in [0.15, 0.2) is 51.5 Å². The summed E-state index contributed by atoms with van der Waals surface area (Å²) in [4.78, 5) is 23.7. The SMILES string of the molecule is CC1=C(C#N)C(=O)NC(=O)C1=Cc1ccc(-c2cccc(Cl)c2C)o1. The van der Waals surface area contributed by atoms with Gasteiger partial charge in [0, 0.05) is 16.2 Å². The second kappa shape index (κ2) is 6.42. The molecule has 0 aliphatic carbocycles. The molecule has 2 aromatic rings. The van der Waals surface area contributed by atoms with Crippen LogP contribution in [0.1, 0.15) is 18.2 Å². The molecule has 1 aromatic carbocycles. The Hall–Kier alpha value is -3.10. The highest BCUT2D eigenvalue weighted by Gasteiger charge is 2.27. The van der Waals surface area contributed by atoms with Crippen LogP contribution < -0.4 is 5.32 Å². The fourth-order valence-electron chi connectivity index (χ4n) is 2.61. The molecule has 0 unspecified atom stereocenters. The molecule has 2 amide bonds. The van der Waals surface area contributed by atoms with E-state index < -0.39 is 11.8 Å². The Labute approximate surface area is 149 Å². The maximum atomic E-state index is 12.1. The number of rotatable bonds is 2. The van der Waals surface area contributed by atoms with Crippen molar-refractivity contribution >= 4 is 29.5 Å². The van der Waals surface area contributed by atoms with Gasteiger partial charge >= 0.3 is 0 Å². The molecule has 0 spiro atoms.